The van der Waals surface area contributed by atoms with Gasteiger partial charge in [0.2, 0.25) is 0 Å². The molecule has 0 fully saturated rings. The zero-order valence-corrected chi connectivity index (χ0v) is 14.0. The maximum Gasteiger partial charge on any atom is 0.162 e. The van der Waals surface area contributed by atoms with Crippen LogP contribution in [-0.4, -0.2) is 39.7 Å². The van der Waals surface area contributed by atoms with Gasteiger partial charge >= 0.3 is 0 Å². The minimum absolute atomic E-state index is 0.573. The SMILES string of the molecule is Cc1cnccc1NCCn1cc(-c2ccc3c(c2)OCCO3)nn1. The number of pyridine rings is 1. The van der Waals surface area contributed by atoms with E-state index in [1.807, 2.05) is 48.3 Å². The molecular weight excluding hydrogens is 318 g/mol. The van der Waals surface area contributed by atoms with Gasteiger partial charge in [-0.05, 0) is 36.8 Å². The number of fused-ring (bicyclic) bond motifs is 1. The first-order chi connectivity index (χ1) is 12.3. The molecule has 3 heterocycles. The smallest absolute Gasteiger partial charge is 0.162 e. The highest BCUT2D eigenvalue weighted by Gasteiger charge is 2.13. The van der Waals surface area contributed by atoms with Crippen molar-refractivity contribution in [2.75, 3.05) is 25.1 Å². The fourth-order valence-corrected chi connectivity index (χ4v) is 2.72. The van der Waals surface area contributed by atoms with Gasteiger partial charge < -0.3 is 14.8 Å². The van der Waals surface area contributed by atoms with Gasteiger partial charge in [0.1, 0.15) is 18.9 Å². The van der Waals surface area contributed by atoms with Crippen LogP contribution in [0.4, 0.5) is 5.69 Å². The van der Waals surface area contributed by atoms with Crippen LogP contribution in [-0.2, 0) is 6.54 Å². The fraction of sp³-hybridized carbons (Fsp3) is 0.278. The normalized spacial score (nSPS) is 12.8. The van der Waals surface area contributed by atoms with Gasteiger partial charge in [-0.2, -0.15) is 0 Å². The fourth-order valence-electron chi connectivity index (χ4n) is 2.72. The summed E-state index contributed by atoms with van der Waals surface area (Å²) in [4.78, 5) is 4.09. The lowest BCUT2D eigenvalue weighted by Gasteiger charge is -2.18. The van der Waals surface area contributed by atoms with E-state index in [-0.39, 0.29) is 0 Å². The summed E-state index contributed by atoms with van der Waals surface area (Å²) in [5, 5.41) is 11.8. The summed E-state index contributed by atoms with van der Waals surface area (Å²) in [6, 6.07) is 7.80. The number of hydrogen-bond donors (Lipinski definition) is 1. The second kappa shape index (κ2) is 6.80. The van der Waals surface area contributed by atoms with Crippen molar-refractivity contribution in [1.82, 2.24) is 20.0 Å². The minimum atomic E-state index is 0.573. The molecule has 0 saturated heterocycles. The summed E-state index contributed by atoms with van der Waals surface area (Å²) in [7, 11) is 0. The van der Waals surface area contributed by atoms with Gasteiger partial charge in [0, 0.05) is 30.2 Å². The number of nitrogens with one attached hydrogen (secondary N) is 1. The Labute approximate surface area is 145 Å². The molecule has 1 aliphatic rings. The van der Waals surface area contributed by atoms with E-state index in [1.165, 1.54) is 0 Å². The molecule has 128 valence electrons. The van der Waals surface area contributed by atoms with Crippen LogP contribution in [0, 0.1) is 6.92 Å². The van der Waals surface area contributed by atoms with E-state index >= 15 is 0 Å². The maximum absolute atomic E-state index is 5.62. The molecule has 4 rings (SSSR count). The standard InChI is InChI=1S/C18H19N5O2/c1-13-11-19-5-4-15(13)20-6-7-23-12-16(21-22-23)14-2-3-17-18(10-14)25-9-8-24-17/h2-5,10-12H,6-9H2,1H3,(H,19,20). The molecule has 1 aliphatic heterocycles. The molecular formula is C18H19N5O2. The summed E-state index contributed by atoms with van der Waals surface area (Å²) in [5.41, 5.74) is 3.99. The molecule has 0 spiro atoms. The maximum atomic E-state index is 5.62. The van der Waals surface area contributed by atoms with Crippen molar-refractivity contribution < 1.29 is 9.47 Å². The van der Waals surface area contributed by atoms with Crippen molar-refractivity contribution in [3.05, 3.63) is 48.4 Å². The average Bonchev–Trinajstić information content (AvgIpc) is 3.12. The van der Waals surface area contributed by atoms with E-state index in [2.05, 4.69) is 20.6 Å². The highest BCUT2D eigenvalue weighted by Crippen LogP contribution is 2.33. The highest BCUT2D eigenvalue weighted by atomic mass is 16.6. The number of aromatic nitrogens is 4. The van der Waals surface area contributed by atoms with Crippen LogP contribution < -0.4 is 14.8 Å². The zero-order valence-electron chi connectivity index (χ0n) is 14.0. The van der Waals surface area contributed by atoms with Gasteiger partial charge in [-0.3, -0.25) is 9.67 Å². The van der Waals surface area contributed by atoms with E-state index in [1.54, 1.807) is 6.20 Å². The lowest BCUT2D eigenvalue weighted by atomic mass is 10.1. The van der Waals surface area contributed by atoms with Gasteiger partial charge in [0.15, 0.2) is 11.5 Å². The van der Waals surface area contributed by atoms with Crippen molar-refractivity contribution in [3.63, 3.8) is 0 Å². The Balaban J connectivity index is 1.41. The number of hydrogen-bond acceptors (Lipinski definition) is 6. The quantitative estimate of drug-likeness (QED) is 0.771. The van der Waals surface area contributed by atoms with E-state index in [0.29, 0.717) is 13.2 Å². The third-order valence-corrected chi connectivity index (χ3v) is 4.05. The highest BCUT2D eigenvalue weighted by molar-refractivity contribution is 5.63. The molecule has 0 saturated carbocycles. The van der Waals surface area contributed by atoms with Crippen LogP contribution in [0.25, 0.3) is 11.3 Å². The van der Waals surface area contributed by atoms with Gasteiger partial charge in [0.05, 0.1) is 12.7 Å². The van der Waals surface area contributed by atoms with Gasteiger partial charge in [-0.1, -0.05) is 5.21 Å². The van der Waals surface area contributed by atoms with E-state index in [9.17, 15) is 0 Å². The predicted octanol–water partition coefficient (Wildman–Crippen LogP) is 2.53. The molecule has 0 aliphatic carbocycles. The minimum Gasteiger partial charge on any atom is -0.486 e. The number of aryl methyl sites for hydroxylation is 1. The van der Waals surface area contributed by atoms with Crippen molar-refractivity contribution in [1.29, 1.82) is 0 Å². The Bertz CT molecular complexity index is 877. The molecule has 25 heavy (non-hydrogen) atoms. The number of nitrogens with zero attached hydrogens (tertiary/aromatic N) is 4. The first-order valence-electron chi connectivity index (χ1n) is 8.24. The molecule has 1 N–H and O–H groups in total. The Morgan fingerprint density at radius 1 is 1.16 bits per heavy atom. The molecule has 0 atom stereocenters. The molecule has 3 aromatic rings. The Morgan fingerprint density at radius 3 is 2.92 bits per heavy atom. The van der Waals surface area contributed by atoms with Crippen LogP contribution in [0.3, 0.4) is 0 Å². The van der Waals surface area contributed by atoms with Gasteiger partial charge in [-0.15, -0.1) is 5.10 Å². The van der Waals surface area contributed by atoms with Crippen LogP contribution in [0.15, 0.2) is 42.9 Å². The number of benzene rings is 1. The second-order valence-electron chi connectivity index (χ2n) is 5.84. The monoisotopic (exact) mass is 337 g/mol. The molecule has 1 aromatic carbocycles. The molecule has 7 nitrogen and oxygen atoms in total. The second-order valence-corrected chi connectivity index (χ2v) is 5.84. The zero-order chi connectivity index (χ0) is 17.1. The van der Waals surface area contributed by atoms with Crippen LogP contribution >= 0.6 is 0 Å². The lowest BCUT2D eigenvalue weighted by Crippen LogP contribution is -2.15. The molecule has 2 aromatic heterocycles. The molecule has 0 radical (unpaired) electrons. The molecule has 0 unspecified atom stereocenters. The van der Waals surface area contributed by atoms with E-state index < -0.39 is 0 Å². The largest absolute Gasteiger partial charge is 0.486 e. The van der Waals surface area contributed by atoms with Crippen LogP contribution in [0.2, 0.25) is 0 Å². The third-order valence-electron chi connectivity index (χ3n) is 4.05. The average molecular weight is 337 g/mol. The summed E-state index contributed by atoms with van der Waals surface area (Å²) in [6.45, 7) is 4.68. The number of ether oxygens (including phenoxy) is 2. The summed E-state index contributed by atoms with van der Waals surface area (Å²) in [6.07, 6.45) is 5.56. The lowest BCUT2D eigenvalue weighted by molar-refractivity contribution is 0.171. The topological polar surface area (TPSA) is 74.1 Å². The summed E-state index contributed by atoms with van der Waals surface area (Å²) in [5.74, 6) is 1.53. The Hall–Kier alpha value is -3.09. The molecule has 7 heteroatoms. The summed E-state index contributed by atoms with van der Waals surface area (Å²) >= 11 is 0. The van der Waals surface area contributed by atoms with Crippen molar-refractivity contribution >= 4 is 5.69 Å². The van der Waals surface area contributed by atoms with Crippen molar-refractivity contribution in [2.24, 2.45) is 0 Å². The molecule has 0 bridgehead atoms. The summed E-state index contributed by atoms with van der Waals surface area (Å²) < 4.78 is 13.0. The third kappa shape index (κ3) is 3.40. The molecule has 0 amide bonds. The van der Waals surface area contributed by atoms with Crippen LogP contribution in [0.5, 0.6) is 11.5 Å². The Morgan fingerprint density at radius 2 is 2.04 bits per heavy atom. The van der Waals surface area contributed by atoms with Gasteiger partial charge in [0.25, 0.3) is 0 Å². The van der Waals surface area contributed by atoms with Crippen molar-refractivity contribution in [2.45, 2.75) is 13.5 Å². The van der Waals surface area contributed by atoms with E-state index in [4.69, 9.17) is 9.47 Å². The first kappa shape index (κ1) is 15.4. The van der Waals surface area contributed by atoms with Gasteiger partial charge in [-0.25, -0.2) is 0 Å². The van der Waals surface area contributed by atoms with E-state index in [0.717, 1.165) is 47.1 Å². The predicted molar refractivity (Wildman–Crippen MR) is 93.9 cm³/mol. The Kier molecular flexibility index (Phi) is 4.20. The first-order valence-corrected chi connectivity index (χ1v) is 8.24. The number of rotatable bonds is 5. The number of anilines is 1. The van der Waals surface area contributed by atoms with Crippen LogP contribution in [0.1, 0.15) is 5.56 Å². The van der Waals surface area contributed by atoms with Crippen molar-refractivity contribution in [3.8, 4) is 22.8 Å².